The number of hydrogen-bond acceptors (Lipinski definition) is 4. The Balaban J connectivity index is 2.32. The number of nitrogens with one attached hydrogen (secondary N) is 1. The fourth-order valence-corrected chi connectivity index (χ4v) is 4.24. The van der Waals surface area contributed by atoms with Crippen LogP contribution in [-0.4, -0.2) is 39.1 Å². The number of benzene rings is 1. The zero-order chi connectivity index (χ0) is 17.6. The zero-order valence-electron chi connectivity index (χ0n) is 14.1. The standard InChI is InChI=1S/C17H26N2O4S/c1-2-3-5-10-18-24(22,23)16-13-14(17(20)21)8-9-15(16)19-11-6-4-7-12-19/h8-9,13,18H,2-7,10-12H2,1H3,(H,20,21). The highest BCUT2D eigenvalue weighted by atomic mass is 32.2. The SMILES string of the molecule is CCCCCNS(=O)(=O)c1cc(C(=O)O)ccc1N1CCCCC1. The van der Waals surface area contributed by atoms with Crippen LogP contribution in [0.3, 0.4) is 0 Å². The Morgan fingerprint density at radius 1 is 1.21 bits per heavy atom. The van der Waals surface area contributed by atoms with E-state index in [-0.39, 0.29) is 10.5 Å². The molecule has 1 aliphatic rings. The van der Waals surface area contributed by atoms with E-state index in [1.807, 2.05) is 4.90 Å². The Morgan fingerprint density at radius 3 is 2.54 bits per heavy atom. The molecule has 1 fully saturated rings. The Hall–Kier alpha value is -1.60. The maximum absolute atomic E-state index is 12.7. The van der Waals surface area contributed by atoms with Crippen molar-refractivity contribution in [1.82, 2.24) is 4.72 Å². The molecule has 0 aromatic heterocycles. The van der Waals surface area contributed by atoms with Gasteiger partial charge in [-0.05, 0) is 43.9 Å². The minimum absolute atomic E-state index is 0.00954. The van der Waals surface area contributed by atoms with E-state index in [1.54, 1.807) is 6.07 Å². The summed E-state index contributed by atoms with van der Waals surface area (Å²) in [5, 5.41) is 9.19. The fraction of sp³-hybridized carbons (Fsp3) is 0.588. The second-order valence-electron chi connectivity index (χ2n) is 6.14. The van der Waals surface area contributed by atoms with Gasteiger partial charge in [0.25, 0.3) is 0 Å². The van der Waals surface area contributed by atoms with Crippen LogP contribution in [0.15, 0.2) is 23.1 Å². The maximum Gasteiger partial charge on any atom is 0.335 e. The van der Waals surface area contributed by atoms with Crippen LogP contribution in [0.5, 0.6) is 0 Å². The van der Waals surface area contributed by atoms with Crippen LogP contribution < -0.4 is 9.62 Å². The smallest absolute Gasteiger partial charge is 0.335 e. The lowest BCUT2D eigenvalue weighted by Crippen LogP contribution is -2.33. The van der Waals surface area contributed by atoms with Gasteiger partial charge in [0.15, 0.2) is 0 Å². The summed E-state index contributed by atoms with van der Waals surface area (Å²) in [6.07, 6.45) is 5.91. The van der Waals surface area contributed by atoms with Crippen molar-refractivity contribution in [2.24, 2.45) is 0 Å². The summed E-state index contributed by atoms with van der Waals surface area (Å²) >= 11 is 0. The highest BCUT2D eigenvalue weighted by Gasteiger charge is 2.24. The van der Waals surface area contributed by atoms with Crippen LogP contribution in [0, 0.1) is 0 Å². The molecule has 134 valence electrons. The van der Waals surface area contributed by atoms with Crippen LogP contribution in [0.25, 0.3) is 0 Å². The van der Waals surface area contributed by atoms with Crippen molar-refractivity contribution in [2.75, 3.05) is 24.5 Å². The molecule has 0 spiro atoms. The van der Waals surface area contributed by atoms with Gasteiger partial charge in [-0.1, -0.05) is 19.8 Å². The minimum Gasteiger partial charge on any atom is -0.478 e. The first kappa shape index (κ1) is 18.7. The van der Waals surface area contributed by atoms with Gasteiger partial charge in [0.1, 0.15) is 4.90 Å². The van der Waals surface area contributed by atoms with E-state index in [0.717, 1.165) is 51.6 Å². The van der Waals surface area contributed by atoms with Gasteiger partial charge in [0, 0.05) is 19.6 Å². The number of piperidine rings is 1. The highest BCUT2D eigenvalue weighted by Crippen LogP contribution is 2.29. The normalized spacial score (nSPS) is 15.5. The van der Waals surface area contributed by atoms with E-state index in [0.29, 0.717) is 12.2 Å². The van der Waals surface area contributed by atoms with Gasteiger partial charge in [-0.3, -0.25) is 0 Å². The van der Waals surface area contributed by atoms with E-state index in [9.17, 15) is 18.3 Å². The van der Waals surface area contributed by atoms with Crippen molar-refractivity contribution in [3.05, 3.63) is 23.8 Å². The lowest BCUT2D eigenvalue weighted by molar-refractivity contribution is 0.0696. The molecule has 24 heavy (non-hydrogen) atoms. The van der Waals surface area contributed by atoms with Gasteiger partial charge in [-0.2, -0.15) is 0 Å². The molecule has 0 amide bonds. The summed E-state index contributed by atoms with van der Waals surface area (Å²) in [6.45, 7) is 4.02. The second-order valence-corrected chi connectivity index (χ2v) is 7.88. The first-order chi connectivity index (χ1) is 11.5. The van der Waals surface area contributed by atoms with Crippen molar-refractivity contribution in [1.29, 1.82) is 0 Å². The minimum atomic E-state index is -3.73. The Bertz CT molecular complexity index is 667. The Morgan fingerprint density at radius 2 is 1.92 bits per heavy atom. The molecule has 1 aromatic rings. The topological polar surface area (TPSA) is 86.7 Å². The third-order valence-electron chi connectivity index (χ3n) is 4.27. The summed E-state index contributed by atoms with van der Waals surface area (Å²) in [4.78, 5) is 13.3. The van der Waals surface area contributed by atoms with Crippen molar-refractivity contribution in [3.8, 4) is 0 Å². The highest BCUT2D eigenvalue weighted by molar-refractivity contribution is 7.89. The molecule has 1 saturated heterocycles. The average Bonchev–Trinajstić information content (AvgIpc) is 2.59. The number of carboxylic acids is 1. The van der Waals surface area contributed by atoms with Crippen LogP contribution in [-0.2, 0) is 10.0 Å². The molecule has 0 bridgehead atoms. The van der Waals surface area contributed by atoms with Gasteiger partial charge in [-0.15, -0.1) is 0 Å². The lowest BCUT2D eigenvalue weighted by atomic mass is 10.1. The van der Waals surface area contributed by atoms with Crippen molar-refractivity contribution >= 4 is 21.7 Å². The largest absolute Gasteiger partial charge is 0.478 e. The van der Waals surface area contributed by atoms with Crippen LogP contribution >= 0.6 is 0 Å². The zero-order valence-corrected chi connectivity index (χ0v) is 14.9. The van der Waals surface area contributed by atoms with Crippen LogP contribution in [0.1, 0.15) is 55.8 Å². The van der Waals surface area contributed by atoms with Gasteiger partial charge >= 0.3 is 5.97 Å². The molecule has 2 rings (SSSR count). The Kier molecular flexibility index (Phi) is 6.62. The van der Waals surface area contributed by atoms with E-state index in [1.165, 1.54) is 12.1 Å². The molecule has 7 heteroatoms. The predicted molar refractivity (Wildman–Crippen MR) is 94.2 cm³/mol. The Labute approximate surface area is 143 Å². The molecule has 0 aliphatic carbocycles. The third kappa shape index (κ3) is 4.70. The fourth-order valence-electron chi connectivity index (χ4n) is 2.92. The molecule has 0 saturated carbocycles. The number of nitrogens with zero attached hydrogens (tertiary/aromatic N) is 1. The monoisotopic (exact) mass is 354 g/mol. The molecule has 2 N–H and O–H groups in total. The number of sulfonamides is 1. The van der Waals surface area contributed by atoms with Crippen molar-refractivity contribution in [3.63, 3.8) is 0 Å². The molecule has 1 aromatic carbocycles. The van der Waals surface area contributed by atoms with Crippen molar-refractivity contribution in [2.45, 2.75) is 50.3 Å². The number of aromatic carboxylic acids is 1. The van der Waals surface area contributed by atoms with E-state index < -0.39 is 16.0 Å². The molecular weight excluding hydrogens is 328 g/mol. The number of carbonyl (C=O) groups is 1. The summed E-state index contributed by atoms with van der Waals surface area (Å²) < 4.78 is 28.0. The number of rotatable bonds is 8. The summed E-state index contributed by atoms with van der Waals surface area (Å²) in [7, 11) is -3.73. The summed E-state index contributed by atoms with van der Waals surface area (Å²) in [5.41, 5.74) is 0.590. The van der Waals surface area contributed by atoms with Gasteiger partial charge < -0.3 is 10.0 Å². The first-order valence-corrected chi connectivity index (χ1v) is 10.1. The first-order valence-electron chi connectivity index (χ1n) is 8.57. The second kappa shape index (κ2) is 8.48. The number of hydrogen-bond donors (Lipinski definition) is 2. The maximum atomic E-state index is 12.7. The lowest BCUT2D eigenvalue weighted by Gasteiger charge is -2.30. The average molecular weight is 354 g/mol. The number of unbranched alkanes of at least 4 members (excludes halogenated alkanes) is 2. The molecule has 0 unspecified atom stereocenters. The molecule has 1 heterocycles. The predicted octanol–water partition coefficient (Wildman–Crippen LogP) is 2.84. The van der Waals surface area contributed by atoms with Crippen molar-refractivity contribution < 1.29 is 18.3 Å². The molecule has 6 nitrogen and oxygen atoms in total. The summed E-state index contributed by atoms with van der Waals surface area (Å²) in [5.74, 6) is -1.12. The van der Waals surface area contributed by atoms with E-state index in [2.05, 4.69) is 11.6 Å². The molecule has 0 atom stereocenters. The van der Waals surface area contributed by atoms with Gasteiger partial charge in [0.2, 0.25) is 10.0 Å². The van der Waals surface area contributed by atoms with Crippen LogP contribution in [0.2, 0.25) is 0 Å². The van der Waals surface area contributed by atoms with E-state index in [4.69, 9.17) is 0 Å². The van der Waals surface area contributed by atoms with Gasteiger partial charge in [0.05, 0.1) is 11.3 Å². The number of anilines is 1. The molecule has 0 radical (unpaired) electrons. The molecular formula is C17H26N2O4S. The van der Waals surface area contributed by atoms with Crippen LogP contribution in [0.4, 0.5) is 5.69 Å². The number of carboxylic acid groups (broad SMARTS) is 1. The van der Waals surface area contributed by atoms with Gasteiger partial charge in [-0.25, -0.2) is 17.9 Å². The summed E-state index contributed by atoms with van der Waals surface area (Å²) in [6, 6.07) is 4.37. The van der Waals surface area contributed by atoms with E-state index >= 15 is 0 Å². The molecule has 1 aliphatic heterocycles. The quantitative estimate of drug-likeness (QED) is 0.701. The third-order valence-corrected chi connectivity index (χ3v) is 5.76.